The Balaban J connectivity index is 2.01. The summed E-state index contributed by atoms with van der Waals surface area (Å²) in [5, 5.41) is 0.594. The Labute approximate surface area is 153 Å². The van der Waals surface area contributed by atoms with Crippen molar-refractivity contribution < 1.29 is 13.2 Å². The minimum atomic E-state index is -3.04. The van der Waals surface area contributed by atoms with Crippen LogP contribution in [0.1, 0.15) is 32.8 Å². The molecule has 0 aromatic heterocycles. The molecule has 0 aliphatic carbocycles. The van der Waals surface area contributed by atoms with Gasteiger partial charge in [-0.3, -0.25) is 4.79 Å². The average Bonchev–Trinajstić information content (AvgIpc) is 2.97. The van der Waals surface area contributed by atoms with Crippen LogP contribution in [-0.4, -0.2) is 42.3 Å². The predicted molar refractivity (Wildman–Crippen MR) is 104 cm³/mol. The first-order valence-corrected chi connectivity index (χ1v) is 11.4. The van der Waals surface area contributed by atoms with Crippen LogP contribution in [-0.2, 0) is 21.1 Å². The van der Waals surface area contributed by atoms with Gasteiger partial charge in [-0.25, -0.2) is 8.42 Å². The second-order valence-electron chi connectivity index (χ2n) is 7.04. The number of hydrogen-bond donors (Lipinski definition) is 0. The van der Waals surface area contributed by atoms with Crippen molar-refractivity contribution in [1.29, 1.82) is 0 Å². The number of para-hydroxylation sites is 1. The Morgan fingerprint density at radius 1 is 1.32 bits per heavy atom. The Morgan fingerprint density at radius 3 is 2.72 bits per heavy atom. The normalized spacial score (nSPS) is 26.4. The van der Waals surface area contributed by atoms with Crippen LogP contribution in [0.25, 0.3) is 0 Å². The van der Waals surface area contributed by atoms with Gasteiger partial charge in [0, 0.05) is 17.4 Å². The molecule has 2 fully saturated rings. The highest BCUT2D eigenvalue weighted by Gasteiger charge is 2.49. The summed E-state index contributed by atoms with van der Waals surface area (Å²) in [4.78, 5) is 18.6. The minimum absolute atomic E-state index is 0.0551. The number of aryl methyl sites for hydroxylation is 1. The van der Waals surface area contributed by atoms with Gasteiger partial charge in [0.15, 0.2) is 15.0 Å². The van der Waals surface area contributed by atoms with Gasteiger partial charge in [0.1, 0.15) is 0 Å². The van der Waals surface area contributed by atoms with Crippen molar-refractivity contribution in [2.24, 2.45) is 10.9 Å². The maximum atomic E-state index is 12.2. The standard InChI is InChI=1S/C18H24N2O3S2/c1-4-13-7-5-6-8-14(13)20-15-10-25(22,23)11-16(15)24-18(20)19-17(21)9-12(2)3/h5-8,12,15-16H,4,9-11H2,1-3H3/t15-,16-/m1/s1. The van der Waals surface area contributed by atoms with Crippen molar-refractivity contribution in [1.82, 2.24) is 0 Å². The number of anilines is 1. The maximum absolute atomic E-state index is 12.2. The fraction of sp³-hybridized carbons (Fsp3) is 0.556. The van der Waals surface area contributed by atoms with Crippen molar-refractivity contribution in [3.63, 3.8) is 0 Å². The van der Waals surface area contributed by atoms with Crippen molar-refractivity contribution >= 4 is 38.4 Å². The number of carbonyl (C=O) groups is 1. The van der Waals surface area contributed by atoms with Crippen LogP contribution in [0.3, 0.4) is 0 Å². The first kappa shape index (κ1) is 18.5. The van der Waals surface area contributed by atoms with E-state index in [0.29, 0.717) is 11.6 Å². The van der Waals surface area contributed by atoms with Crippen LogP contribution in [0.4, 0.5) is 5.69 Å². The van der Waals surface area contributed by atoms with E-state index in [-0.39, 0.29) is 34.6 Å². The van der Waals surface area contributed by atoms with E-state index >= 15 is 0 Å². The van der Waals surface area contributed by atoms with E-state index < -0.39 is 9.84 Å². The summed E-state index contributed by atoms with van der Waals surface area (Å²) < 4.78 is 24.2. The Hall–Kier alpha value is -1.34. The topological polar surface area (TPSA) is 66.8 Å². The number of amidine groups is 1. The summed E-state index contributed by atoms with van der Waals surface area (Å²) in [5.74, 6) is 0.392. The molecular weight excluding hydrogens is 356 g/mol. The molecule has 2 aliphatic heterocycles. The monoisotopic (exact) mass is 380 g/mol. The van der Waals surface area contributed by atoms with Crippen molar-refractivity contribution in [3.05, 3.63) is 29.8 Å². The molecule has 0 radical (unpaired) electrons. The first-order valence-electron chi connectivity index (χ1n) is 8.66. The number of rotatable bonds is 4. The quantitative estimate of drug-likeness (QED) is 0.803. The molecular formula is C18H24N2O3S2. The Kier molecular flexibility index (Phi) is 5.25. The third-order valence-corrected chi connectivity index (χ3v) is 7.71. The van der Waals surface area contributed by atoms with Gasteiger partial charge in [-0.1, -0.05) is 50.7 Å². The minimum Gasteiger partial charge on any atom is -0.315 e. The number of fused-ring (bicyclic) bond motifs is 1. The predicted octanol–water partition coefficient (Wildman–Crippen LogP) is 2.90. The summed E-state index contributed by atoms with van der Waals surface area (Å²) in [6.07, 6.45) is 1.25. The molecule has 136 valence electrons. The summed E-state index contributed by atoms with van der Waals surface area (Å²) >= 11 is 1.44. The van der Waals surface area contributed by atoms with Crippen LogP contribution in [0.15, 0.2) is 29.3 Å². The van der Waals surface area contributed by atoms with E-state index in [1.165, 1.54) is 11.8 Å². The smallest absolute Gasteiger partial charge is 0.248 e. The highest BCUT2D eigenvalue weighted by molar-refractivity contribution is 8.16. The second-order valence-corrected chi connectivity index (χ2v) is 10.4. The van der Waals surface area contributed by atoms with E-state index in [1.807, 2.05) is 43.0 Å². The highest BCUT2D eigenvalue weighted by Crippen LogP contribution is 2.42. The highest BCUT2D eigenvalue weighted by atomic mass is 32.2. The summed E-state index contributed by atoms with van der Waals surface area (Å²) in [6.45, 7) is 6.06. The van der Waals surface area contributed by atoms with Gasteiger partial charge in [0.05, 0.1) is 17.5 Å². The number of hydrogen-bond acceptors (Lipinski definition) is 4. The second kappa shape index (κ2) is 7.11. The van der Waals surface area contributed by atoms with E-state index in [4.69, 9.17) is 0 Å². The molecule has 2 atom stereocenters. The summed E-state index contributed by atoms with van der Waals surface area (Å²) in [7, 11) is -3.04. The molecule has 1 amide bonds. The molecule has 5 nitrogen and oxygen atoms in total. The lowest BCUT2D eigenvalue weighted by Gasteiger charge is -2.26. The summed E-state index contributed by atoms with van der Waals surface area (Å²) in [5.41, 5.74) is 2.11. The van der Waals surface area contributed by atoms with Crippen LogP contribution in [0, 0.1) is 5.92 Å². The number of nitrogens with zero attached hydrogens (tertiary/aromatic N) is 2. The van der Waals surface area contributed by atoms with Crippen molar-refractivity contribution in [2.45, 2.75) is 44.9 Å². The number of sulfone groups is 1. The van der Waals surface area contributed by atoms with E-state index in [0.717, 1.165) is 17.7 Å². The lowest BCUT2D eigenvalue weighted by Crippen LogP contribution is -2.38. The zero-order chi connectivity index (χ0) is 18.2. The van der Waals surface area contributed by atoms with Gasteiger partial charge in [0.2, 0.25) is 5.91 Å². The molecule has 1 aromatic rings. The van der Waals surface area contributed by atoms with Crippen LogP contribution >= 0.6 is 11.8 Å². The van der Waals surface area contributed by atoms with Crippen LogP contribution < -0.4 is 4.90 Å². The fourth-order valence-electron chi connectivity index (χ4n) is 3.39. The molecule has 1 aromatic carbocycles. The zero-order valence-corrected chi connectivity index (χ0v) is 16.4. The first-order chi connectivity index (χ1) is 11.8. The Bertz CT molecular complexity index is 802. The van der Waals surface area contributed by atoms with Crippen molar-refractivity contribution in [2.75, 3.05) is 16.4 Å². The van der Waals surface area contributed by atoms with Gasteiger partial charge in [-0.05, 0) is 24.0 Å². The van der Waals surface area contributed by atoms with Gasteiger partial charge < -0.3 is 4.90 Å². The molecule has 2 heterocycles. The van der Waals surface area contributed by atoms with Crippen LogP contribution in [0.5, 0.6) is 0 Å². The fourth-order valence-corrected chi connectivity index (χ4v) is 7.32. The number of benzene rings is 1. The van der Waals surface area contributed by atoms with Gasteiger partial charge in [-0.2, -0.15) is 4.99 Å². The number of aliphatic imine (C=N–C) groups is 1. The Morgan fingerprint density at radius 2 is 2.04 bits per heavy atom. The largest absolute Gasteiger partial charge is 0.315 e. The SMILES string of the molecule is CCc1ccccc1N1C(=NC(=O)CC(C)C)S[C@@H]2CS(=O)(=O)C[C@H]21. The molecule has 2 aliphatic rings. The molecule has 7 heteroatoms. The number of amides is 1. The molecule has 3 rings (SSSR count). The number of thioether (sulfide) groups is 1. The average molecular weight is 381 g/mol. The van der Waals surface area contributed by atoms with E-state index in [1.54, 1.807) is 0 Å². The van der Waals surface area contributed by atoms with E-state index in [9.17, 15) is 13.2 Å². The van der Waals surface area contributed by atoms with Gasteiger partial charge >= 0.3 is 0 Å². The summed E-state index contributed by atoms with van der Waals surface area (Å²) in [6, 6.07) is 7.83. The third-order valence-electron chi connectivity index (χ3n) is 4.50. The number of carbonyl (C=O) groups excluding carboxylic acids is 1. The lowest BCUT2D eigenvalue weighted by molar-refractivity contribution is -0.118. The molecule has 25 heavy (non-hydrogen) atoms. The molecule has 0 unspecified atom stereocenters. The van der Waals surface area contributed by atoms with Gasteiger partial charge in [-0.15, -0.1) is 0 Å². The molecule has 0 saturated carbocycles. The molecule has 0 N–H and O–H groups in total. The maximum Gasteiger partial charge on any atom is 0.248 e. The van der Waals surface area contributed by atoms with Crippen LogP contribution in [0.2, 0.25) is 0 Å². The van der Waals surface area contributed by atoms with Gasteiger partial charge in [0.25, 0.3) is 0 Å². The third kappa shape index (κ3) is 3.92. The zero-order valence-electron chi connectivity index (χ0n) is 14.8. The lowest BCUT2D eigenvalue weighted by atomic mass is 10.1. The molecule has 0 bridgehead atoms. The van der Waals surface area contributed by atoms with Crippen molar-refractivity contribution in [3.8, 4) is 0 Å². The molecule has 0 spiro atoms. The van der Waals surface area contributed by atoms with E-state index in [2.05, 4.69) is 11.9 Å². The molecule has 2 saturated heterocycles.